The maximum atomic E-state index is 5.13. The van der Waals surface area contributed by atoms with E-state index in [1.165, 1.54) is 0 Å². The van der Waals surface area contributed by atoms with E-state index in [1.54, 1.807) is 7.11 Å². The van der Waals surface area contributed by atoms with Crippen LogP contribution in [-0.2, 0) is 10.7 Å². The Labute approximate surface area is 88.6 Å². The van der Waals surface area contributed by atoms with Gasteiger partial charge >= 0.3 is 0 Å². The number of pyridine rings is 1. The lowest BCUT2D eigenvalue weighted by molar-refractivity contribution is 0.408. The molecular weight excluding hydrogens is 286 g/mol. The summed E-state index contributed by atoms with van der Waals surface area (Å²) in [5, 5.41) is 1.49. The first kappa shape index (κ1) is 9.99. The van der Waals surface area contributed by atoms with E-state index in [1.807, 2.05) is 12.1 Å². The molecule has 0 aliphatic heterocycles. The van der Waals surface area contributed by atoms with Crippen LogP contribution in [-0.4, -0.2) is 12.1 Å². The van der Waals surface area contributed by atoms with Crippen LogP contribution in [0.3, 0.4) is 0 Å². The van der Waals surface area contributed by atoms with Gasteiger partial charge in [0.05, 0.1) is 18.5 Å². The second-order valence-corrected chi connectivity index (χ2v) is 3.34. The quantitative estimate of drug-likeness (QED) is 0.800. The summed E-state index contributed by atoms with van der Waals surface area (Å²) < 4.78 is 5.13. The fraction of sp³-hybridized carbons (Fsp3) is 0.375. The van der Waals surface area contributed by atoms with Gasteiger partial charge in [0.15, 0.2) is 0 Å². The van der Waals surface area contributed by atoms with Crippen LogP contribution in [0, 0.1) is 0 Å². The van der Waals surface area contributed by atoms with Crippen molar-refractivity contribution in [3.63, 3.8) is 0 Å². The molecule has 66 valence electrons. The molecule has 0 unspecified atom stereocenters. The number of hydrogen-bond acceptors (Lipinski definition) is 2. The highest BCUT2D eigenvalue weighted by molar-refractivity contribution is 9.08. The normalized spacial score (nSPS) is 9.92. The van der Waals surface area contributed by atoms with E-state index >= 15 is 0 Å². The summed E-state index contributed by atoms with van der Waals surface area (Å²) in [7, 11) is 1.65. The Morgan fingerprint density at radius 2 is 2.08 bits per heavy atom. The van der Waals surface area contributed by atoms with Gasteiger partial charge in [-0.25, -0.2) is 0 Å². The molecule has 2 nitrogen and oxygen atoms in total. The van der Waals surface area contributed by atoms with Gasteiger partial charge in [-0.1, -0.05) is 31.9 Å². The van der Waals surface area contributed by atoms with Gasteiger partial charge in [0.25, 0.3) is 0 Å². The number of aromatic nitrogens is 1. The van der Waals surface area contributed by atoms with E-state index < -0.39 is 0 Å². The molecule has 0 radical (unpaired) electrons. The Bertz CT molecular complexity index is 265. The van der Waals surface area contributed by atoms with Crippen LogP contribution >= 0.6 is 31.9 Å². The standard InChI is InChI=1S/C8H9Br2NO/c1-12-8-3-2-6(4-9)11-7(8)5-10/h2-3H,4-5H2,1H3. The summed E-state index contributed by atoms with van der Waals surface area (Å²) in [5.41, 5.74) is 1.96. The van der Waals surface area contributed by atoms with Crippen molar-refractivity contribution in [1.29, 1.82) is 0 Å². The van der Waals surface area contributed by atoms with E-state index in [0.717, 1.165) is 27.8 Å². The fourth-order valence-electron chi connectivity index (χ4n) is 0.890. The molecule has 1 heterocycles. The second-order valence-electron chi connectivity index (χ2n) is 2.22. The predicted molar refractivity (Wildman–Crippen MR) is 56.1 cm³/mol. The van der Waals surface area contributed by atoms with Crippen LogP contribution in [0.1, 0.15) is 11.4 Å². The van der Waals surface area contributed by atoms with Gasteiger partial charge in [-0.15, -0.1) is 0 Å². The monoisotopic (exact) mass is 293 g/mol. The number of nitrogens with zero attached hydrogens (tertiary/aromatic N) is 1. The lowest BCUT2D eigenvalue weighted by atomic mass is 10.3. The smallest absolute Gasteiger partial charge is 0.141 e. The lowest BCUT2D eigenvalue weighted by Gasteiger charge is -2.05. The van der Waals surface area contributed by atoms with Crippen molar-refractivity contribution >= 4 is 31.9 Å². The third kappa shape index (κ3) is 2.20. The lowest BCUT2D eigenvalue weighted by Crippen LogP contribution is -1.95. The minimum Gasteiger partial charge on any atom is -0.495 e. The molecule has 0 spiro atoms. The molecule has 12 heavy (non-hydrogen) atoms. The topological polar surface area (TPSA) is 22.1 Å². The van der Waals surface area contributed by atoms with E-state index in [2.05, 4.69) is 36.8 Å². The molecule has 0 atom stereocenters. The van der Waals surface area contributed by atoms with E-state index in [0.29, 0.717) is 0 Å². The average molecular weight is 295 g/mol. The second kappa shape index (κ2) is 4.82. The fourth-order valence-corrected chi connectivity index (χ4v) is 1.60. The molecule has 0 amide bonds. The van der Waals surface area contributed by atoms with Crippen molar-refractivity contribution in [3.05, 3.63) is 23.5 Å². The molecule has 0 saturated heterocycles. The van der Waals surface area contributed by atoms with E-state index in [4.69, 9.17) is 4.74 Å². The Kier molecular flexibility index (Phi) is 4.01. The number of rotatable bonds is 3. The summed E-state index contributed by atoms with van der Waals surface area (Å²) in [6.07, 6.45) is 0. The number of halogens is 2. The Morgan fingerprint density at radius 1 is 1.33 bits per heavy atom. The van der Waals surface area contributed by atoms with Crippen LogP contribution < -0.4 is 4.74 Å². The SMILES string of the molecule is COc1ccc(CBr)nc1CBr. The molecule has 0 aliphatic rings. The zero-order chi connectivity index (χ0) is 8.97. The third-order valence-corrected chi connectivity index (χ3v) is 2.58. The van der Waals surface area contributed by atoms with Crippen LogP contribution in [0.4, 0.5) is 0 Å². The maximum absolute atomic E-state index is 5.13. The van der Waals surface area contributed by atoms with Crippen LogP contribution in [0.15, 0.2) is 12.1 Å². The van der Waals surface area contributed by atoms with E-state index in [-0.39, 0.29) is 0 Å². The minimum atomic E-state index is 0.719. The van der Waals surface area contributed by atoms with Crippen LogP contribution in [0.2, 0.25) is 0 Å². The molecule has 0 fully saturated rings. The molecule has 0 saturated carbocycles. The van der Waals surface area contributed by atoms with Crippen molar-refractivity contribution in [2.24, 2.45) is 0 Å². The summed E-state index contributed by atoms with van der Waals surface area (Å²) in [5.74, 6) is 0.830. The van der Waals surface area contributed by atoms with Gasteiger partial charge in [-0.2, -0.15) is 0 Å². The molecule has 0 N–H and O–H groups in total. The van der Waals surface area contributed by atoms with Gasteiger partial charge in [0.1, 0.15) is 5.75 Å². The van der Waals surface area contributed by atoms with Gasteiger partial charge < -0.3 is 4.74 Å². The largest absolute Gasteiger partial charge is 0.495 e. The van der Waals surface area contributed by atoms with Gasteiger partial charge in [0, 0.05) is 10.7 Å². The van der Waals surface area contributed by atoms with Crippen molar-refractivity contribution in [1.82, 2.24) is 4.98 Å². The van der Waals surface area contributed by atoms with Crippen molar-refractivity contribution in [2.75, 3.05) is 7.11 Å². The molecule has 1 rings (SSSR count). The highest BCUT2D eigenvalue weighted by Crippen LogP contribution is 2.19. The highest BCUT2D eigenvalue weighted by Gasteiger charge is 2.03. The Morgan fingerprint density at radius 3 is 2.58 bits per heavy atom. The van der Waals surface area contributed by atoms with Gasteiger partial charge in [-0.05, 0) is 12.1 Å². The van der Waals surface area contributed by atoms with Crippen molar-refractivity contribution in [2.45, 2.75) is 10.7 Å². The zero-order valence-corrected chi connectivity index (χ0v) is 9.85. The molecule has 1 aromatic heterocycles. The summed E-state index contributed by atoms with van der Waals surface area (Å²) in [6, 6.07) is 3.87. The number of ether oxygens (including phenoxy) is 1. The Balaban J connectivity index is 3.02. The number of hydrogen-bond donors (Lipinski definition) is 0. The molecule has 4 heteroatoms. The first-order valence-electron chi connectivity index (χ1n) is 3.46. The molecular formula is C8H9Br2NO. The minimum absolute atomic E-state index is 0.719. The average Bonchev–Trinajstić information content (AvgIpc) is 2.16. The maximum Gasteiger partial charge on any atom is 0.141 e. The van der Waals surface area contributed by atoms with Crippen LogP contribution in [0.25, 0.3) is 0 Å². The van der Waals surface area contributed by atoms with Gasteiger partial charge in [0.2, 0.25) is 0 Å². The molecule has 0 aromatic carbocycles. The van der Waals surface area contributed by atoms with Crippen LogP contribution in [0.5, 0.6) is 5.75 Å². The zero-order valence-electron chi connectivity index (χ0n) is 6.68. The predicted octanol–water partition coefficient (Wildman–Crippen LogP) is 2.88. The number of methoxy groups -OCH3 is 1. The number of alkyl halides is 2. The summed E-state index contributed by atoms with van der Waals surface area (Å²) >= 11 is 6.70. The first-order chi connectivity index (χ1) is 5.81. The summed E-state index contributed by atoms with van der Waals surface area (Å²) in [4.78, 5) is 4.36. The van der Waals surface area contributed by atoms with Gasteiger partial charge in [-0.3, -0.25) is 4.98 Å². The molecule has 1 aromatic rings. The molecule has 0 aliphatic carbocycles. The highest BCUT2D eigenvalue weighted by atomic mass is 79.9. The third-order valence-electron chi connectivity index (χ3n) is 1.47. The summed E-state index contributed by atoms with van der Waals surface area (Å²) in [6.45, 7) is 0. The first-order valence-corrected chi connectivity index (χ1v) is 5.70. The van der Waals surface area contributed by atoms with Crippen molar-refractivity contribution in [3.8, 4) is 5.75 Å². The molecule has 0 bridgehead atoms. The van der Waals surface area contributed by atoms with Crippen molar-refractivity contribution < 1.29 is 4.74 Å². The Hall–Kier alpha value is -0.0900. The van der Waals surface area contributed by atoms with E-state index in [9.17, 15) is 0 Å².